The highest BCUT2D eigenvalue weighted by atomic mass is 16.5. The molecule has 0 unspecified atom stereocenters. The number of anilines is 1. The second-order valence-electron chi connectivity index (χ2n) is 6.17. The third-order valence-corrected chi connectivity index (χ3v) is 4.20. The minimum atomic E-state index is 0.859. The number of benzene rings is 2. The number of hydrogen-bond donors (Lipinski definition) is 1. The summed E-state index contributed by atoms with van der Waals surface area (Å²) in [4.78, 5) is 0. The van der Waals surface area contributed by atoms with Gasteiger partial charge in [0, 0.05) is 7.05 Å². The van der Waals surface area contributed by atoms with Gasteiger partial charge < -0.3 is 10.1 Å². The summed E-state index contributed by atoms with van der Waals surface area (Å²) in [6, 6.07) is 14.9. The van der Waals surface area contributed by atoms with Crippen molar-refractivity contribution in [3.8, 4) is 5.75 Å². The summed E-state index contributed by atoms with van der Waals surface area (Å²) < 4.78 is 5.35. The Morgan fingerprint density at radius 2 is 1.77 bits per heavy atom. The van der Waals surface area contributed by atoms with E-state index in [0.29, 0.717) is 0 Å². The van der Waals surface area contributed by atoms with Gasteiger partial charge in [0.25, 0.3) is 0 Å². The third-order valence-electron chi connectivity index (χ3n) is 4.20. The molecule has 0 aliphatic carbocycles. The van der Waals surface area contributed by atoms with Gasteiger partial charge in [-0.3, -0.25) is 0 Å². The molecule has 0 aromatic heterocycles. The van der Waals surface area contributed by atoms with Crippen LogP contribution < -0.4 is 10.1 Å². The van der Waals surface area contributed by atoms with Gasteiger partial charge >= 0.3 is 0 Å². The average molecular weight is 352 g/mol. The maximum Gasteiger partial charge on any atom is 0.141 e. The molecule has 0 aliphatic heterocycles. The van der Waals surface area contributed by atoms with Crippen molar-refractivity contribution in [2.45, 2.75) is 40.5 Å². The van der Waals surface area contributed by atoms with Crippen LogP contribution in [0.25, 0.3) is 5.57 Å². The molecule has 0 fully saturated rings. The van der Waals surface area contributed by atoms with Gasteiger partial charge in [-0.15, -0.1) is 0 Å². The van der Waals surface area contributed by atoms with Crippen LogP contribution in [0.1, 0.15) is 43.9 Å². The lowest BCUT2D eigenvalue weighted by Gasteiger charge is -2.11. The Labute approximate surface area is 159 Å². The summed E-state index contributed by atoms with van der Waals surface area (Å²) in [5, 5.41) is 3.17. The minimum absolute atomic E-state index is 0.859. The Bertz CT molecular complexity index is 726. The summed E-state index contributed by atoms with van der Waals surface area (Å²) >= 11 is 0. The number of methoxy groups -OCH3 is 1. The summed E-state index contributed by atoms with van der Waals surface area (Å²) in [5.74, 6) is 0.859. The summed E-state index contributed by atoms with van der Waals surface area (Å²) in [6.45, 7) is 12.5. The fraction of sp³-hybridized carbons (Fsp3) is 0.333. The zero-order chi connectivity index (χ0) is 19.5. The van der Waals surface area contributed by atoms with E-state index in [-0.39, 0.29) is 0 Å². The Morgan fingerprint density at radius 1 is 1.12 bits per heavy atom. The Balaban J connectivity index is 0.00000163. The van der Waals surface area contributed by atoms with Crippen LogP contribution in [0.3, 0.4) is 0 Å². The number of nitrogens with one attached hydrogen (secondary N) is 1. The van der Waals surface area contributed by atoms with E-state index in [9.17, 15) is 0 Å². The van der Waals surface area contributed by atoms with Gasteiger partial charge in [0.1, 0.15) is 5.75 Å². The molecule has 26 heavy (non-hydrogen) atoms. The zero-order valence-corrected chi connectivity index (χ0v) is 17.1. The molecule has 0 radical (unpaired) electrons. The Morgan fingerprint density at radius 3 is 2.35 bits per heavy atom. The summed E-state index contributed by atoms with van der Waals surface area (Å²) in [5.41, 5.74) is 7.28. The minimum Gasteiger partial charge on any atom is -0.495 e. The lowest BCUT2D eigenvalue weighted by Crippen LogP contribution is -1.95. The van der Waals surface area contributed by atoms with Crippen molar-refractivity contribution in [3.05, 3.63) is 77.4 Å². The molecule has 2 aromatic rings. The van der Waals surface area contributed by atoms with Crippen LogP contribution in [0.15, 0.2) is 60.7 Å². The van der Waals surface area contributed by atoms with Gasteiger partial charge in [-0.05, 0) is 55.5 Å². The van der Waals surface area contributed by atoms with E-state index in [1.807, 2.05) is 27.0 Å². The number of allylic oxidation sites excluding steroid dienone is 3. The Hall–Kier alpha value is -2.48. The predicted octanol–water partition coefficient (Wildman–Crippen LogP) is 6.66. The van der Waals surface area contributed by atoms with Crippen LogP contribution in [0.4, 0.5) is 5.69 Å². The molecule has 0 heterocycles. The molecule has 0 saturated carbocycles. The molecule has 0 amide bonds. The van der Waals surface area contributed by atoms with E-state index in [1.165, 1.54) is 27.8 Å². The second-order valence-corrected chi connectivity index (χ2v) is 6.17. The van der Waals surface area contributed by atoms with E-state index in [4.69, 9.17) is 4.74 Å². The quantitative estimate of drug-likeness (QED) is 0.563. The summed E-state index contributed by atoms with van der Waals surface area (Å²) in [7, 11) is 3.59. The van der Waals surface area contributed by atoms with Crippen LogP contribution in [0.5, 0.6) is 5.75 Å². The number of rotatable bonds is 7. The lowest BCUT2D eigenvalue weighted by atomic mass is 10.00. The molecule has 140 valence electrons. The van der Waals surface area contributed by atoms with Crippen molar-refractivity contribution in [1.82, 2.24) is 0 Å². The molecule has 1 N–H and O–H groups in total. The van der Waals surface area contributed by atoms with E-state index in [2.05, 4.69) is 68.2 Å². The average Bonchev–Trinajstić information content (AvgIpc) is 2.68. The van der Waals surface area contributed by atoms with Crippen LogP contribution >= 0.6 is 0 Å². The van der Waals surface area contributed by atoms with Gasteiger partial charge in [0.15, 0.2) is 0 Å². The van der Waals surface area contributed by atoms with Gasteiger partial charge in [-0.25, -0.2) is 0 Å². The zero-order valence-electron chi connectivity index (χ0n) is 17.1. The molecule has 2 rings (SSSR count). The van der Waals surface area contributed by atoms with Crippen LogP contribution in [-0.2, 0) is 6.42 Å². The molecule has 0 bridgehead atoms. The largest absolute Gasteiger partial charge is 0.495 e. The molecule has 0 saturated heterocycles. The first kappa shape index (κ1) is 21.6. The van der Waals surface area contributed by atoms with Gasteiger partial charge in [0.2, 0.25) is 0 Å². The van der Waals surface area contributed by atoms with Gasteiger partial charge in [0.05, 0.1) is 12.8 Å². The molecule has 2 aromatic carbocycles. The molecule has 0 aliphatic rings. The first-order valence-corrected chi connectivity index (χ1v) is 9.28. The highest BCUT2D eigenvalue weighted by molar-refractivity contribution is 5.70. The standard InChI is InChI=1S/C22H27NO.C2H6/c1-16-7-10-19(11-8-16)14-17(2)6-9-18(3)20-12-13-22(24-5)21(15-20)23-4;1-2/h7-13,15,23H,2,6,14H2,1,3-5H3;1-2H3/b18-9+;. The molecule has 0 spiro atoms. The van der Waals surface area contributed by atoms with Crippen LogP contribution in [0.2, 0.25) is 0 Å². The Kier molecular flexibility index (Phi) is 9.29. The van der Waals surface area contributed by atoms with E-state index < -0.39 is 0 Å². The maximum absolute atomic E-state index is 5.35. The van der Waals surface area contributed by atoms with Crippen LogP contribution in [0, 0.1) is 6.92 Å². The smallest absolute Gasteiger partial charge is 0.141 e. The van der Waals surface area contributed by atoms with Gasteiger partial charge in [-0.1, -0.05) is 68.0 Å². The van der Waals surface area contributed by atoms with Crippen molar-refractivity contribution in [3.63, 3.8) is 0 Å². The number of hydrogen-bond acceptors (Lipinski definition) is 2. The fourth-order valence-corrected chi connectivity index (χ4v) is 2.63. The first-order valence-electron chi connectivity index (χ1n) is 9.28. The maximum atomic E-state index is 5.35. The fourth-order valence-electron chi connectivity index (χ4n) is 2.63. The molecule has 0 atom stereocenters. The lowest BCUT2D eigenvalue weighted by molar-refractivity contribution is 0.416. The van der Waals surface area contributed by atoms with Crippen molar-refractivity contribution in [1.29, 1.82) is 0 Å². The molecule has 2 heteroatoms. The van der Waals surface area contributed by atoms with Gasteiger partial charge in [-0.2, -0.15) is 0 Å². The molecular formula is C24H33NO. The van der Waals surface area contributed by atoms with Crippen LogP contribution in [-0.4, -0.2) is 14.2 Å². The van der Waals surface area contributed by atoms with Crippen molar-refractivity contribution in [2.24, 2.45) is 0 Å². The normalized spacial score (nSPS) is 10.6. The van der Waals surface area contributed by atoms with Crippen molar-refractivity contribution in [2.75, 3.05) is 19.5 Å². The topological polar surface area (TPSA) is 21.3 Å². The van der Waals surface area contributed by atoms with E-state index in [0.717, 1.165) is 24.3 Å². The third kappa shape index (κ3) is 6.44. The van der Waals surface area contributed by atoms with Crippen molar-refractivity contribution >= 4 is 11.3 Å². The van der Waals surface area contributed by atoms with E-state index >= 15 is 0 Å². The first-order chi connectivity index (χ1) is 12.5. The monoisotopic (exact) mass is 351 g/mol. The number of ether oxygens (including phenoxy) is 1. The number of aryl methyl sites for hydroxylation is 1. The highest BCUT2D eigenvalue weighted by Crippen LogP contribution is 2.28. The second kappa shape index (κ2) is 11.2. The highest BCUT2D eigenvalue weighted by Gasteiger charge is 2.04. The predicted molar refractivity (Wildman–Crippen MR) is 116 cm³/mol. The van der Waals surface area contributed by atoms with Crippen molar-refractivity contribution < 1.29 is 4.74 Å². The molecular weight excluding hydrogens is 318 g/mol. The SMILES string of the molecule is C=C(C/C=C(\C)c1ccc(OC)c(NC)c1)Cc1ccc(C)cc1.CC. The molecule has 2 nitrogen and oxygen atoms in total. The van der Waals surface area contributed by atoms with E-state index in [1.54, 1.807) is 7.11 Å². The summed E-state index contributed by atoms with van der Waals surface area (Å²) in [6.07, 6.45) is 4.06.